The minimum atomic E-state index is -1.29. The summed E-state index contributed by atoms with van der Waals surface area (Å²) in [6, 6.07) is 6.30. The maximum Gasteiger partial charge on any atom is 0.408 e. The normalized spacial score (nSPS) is 19.1. The second kappa shape index (κ2) is 12.2. The molecular formula is C25H28N6O8S2. The number of nitrogens with one attached hydrogen (secondary N) is 3. The molecule has 4 rings (SSSR count). The van der Waals surface area contributed by atoms with E-state index in [4.69, 9.17) is 9.84 Å². The predicted octanol–water partition coefficient (Wildman–Crippen LogP) is 1.53. The number of hydrogen-bond donors (Lipinski definition) is 5. The number of aliphatic carboxylic acids is 2. The Morgan fingerprint density at radius 2 is 1.93 bits per heavy atom. The van der Waals surface area contributed by atoms with E-state index in [-0.39, 0.29) is 34.6 Å². The summed E-state index contributed by atoms with van der Waals surface area (Å²) in [5, 5.41) is 30.1. The molecule has 0 radical (unpaired) electrons. The number of carbonyl (C=O) groups is 5. The zero-order chi connectivity index (χ0) is 29.9. The van der Waals surface area contributed by atoms with Crippen molar-refractivity contribution >= 4 is 53.4 Å². The molecule has 3 atom stereocenters. The molecular weight excluding hydrogens is 576 g/mol. The van der Waals surface area contributed by atoms with Crippen LogP contribution >= 0.6 is 23.5 Å². The molecule has 2 aromatic rings. The molecule has 0 spiro atoms. The number of H-pyrrole nitrogens is 1. The van der Waals surface area contributed by atoms with Crippen LogP contribution in [0.4, 0.5) is 4.79 Å². The molecule has 1 aromatic carbocycles. The average Bonchev–Trinajstić information content (AvgIpc) is 3.34. The molecule has 0 aliphatic carbocycles. The van der Waals surface area contributed by atoms with E-state index in [0.717, 1.165) is 16.7 Å². The number of β-lactam (4-membered cyclic amide) rings is 1. The third kappa shape index (κ3) is 7.18. The fourth-order valence-electron chi connectivity index (χ4n) is 4.12. The van der Waals surface area contributed by atoms with Crippen molar-refractivity contribution in [3.05, 3.63) is 53.0 Å². The van der Waals surface area contributed by atoms with Crippen molar-refractivity contribution in [2.45, 2.75) is 55.4 Å². The molecule has 14 nitrogen and oxygen atoms in total. The Bertz CT molecular complexity index is 1390. The van der Waals surface area contributed by atoms with E-state index in [2.05, 4.69) is 25.8 Å². The molecule has 3 amide bonds. The van der Waals surface area contributed by atoms with Gasteiger partial charge in [0.05, 0.1) is 0 Å². The fraction of sp³-hybridized carbons (Fsp3) is 0.400. The minimum absolute atomic E-state index is 0.155. The highest BCUT2D eigenvalue weighted by molar-refractivity contribution is 8.01. The van der Waals surface area contributed by atoms with Crippen molar-refractivity contribution in [2.24, 2.45) is 0 Å². The number of benzene rings is 1. The third-order valence-corrected chi connectivity index (χ3v) is 8.08. The highest BCUT2D eigenvalue weighted by Gasteiger charge is 2.54. The number of hydrogen-bond acceptors (Lipinski definition) is 10. The van der Waals surface area contributed by atoms with Gasteiger partial charge in [-0.2, -0.15) is 0 Å². The minimum Gasteiger partial charge on any atom is -0.481 e. The Morgan fingerprint density at radius 3 is 2.56 bits per heavy atom. The van der Waals surface area contributed by atoms with Gasteiger partial charge in [-0.05, 0) is 31.9 Å². The quantitative estimate of drug-likeness (QED) is 0.193. The van der Waals surface area contributed by atoms with Crippen molar-refractivity contribution in [3.8, 4) is 0 Å². The van der Waals surface area contributed by atoms with Crippen LogP contribution in [0.5, 0.6) is 0 Å². The van der Waals surface area contributed by atoms with E-state index >= 15 is 0 Å². The molecule has 41 heavy (non-hydrogen) atoms. The van der Waals surface area contributed by atoms with Gasteiger partial charge in [0.2, 0.25) is 11.1 Å². The van der Waals surface area contributed by atoms with E-state index in [0.29, 0.717) is 11.1 Å². The number of aromatic amines is 1. The van der Waals surface area contributed by atoms with E-state index in [1.807, 2.05) is 0 Å². The van der Waals surface area contributed by atoms with Crippen LogP contribution in [-0.2, 0) is 30.3 Å². The van der Waals surface area contributed by atoms with Crippen molar-refractivity contribution in [3.63, 3.8) is 0 Å². The highest BCUT2D eigenvalue weighted by Crippen LogP contribution is 2.41. The first kappa shape index (κ1) is 29.9. The number of aromatic nitrogens is 3. The molecule has 16 heteroatoms. The summed E-state index contributed by atoms with van der Waals surface area (Å²) in [4.78, 5) is 67.2. The molecule has 1 unspecified atom stereocenters. The SMILES string of the molecule is CC(C)(C)OC(=O)N[C@@H](C(=O)NC1C(=O)N2C(C(=O)O)=C(CSc3n[nH]c(CC(=O)O)n3)CS[C@H]12)c1ccccc1. The Balaban J connectivity index is 1.46. The molecule has 1 aromatic heterocycles. The zero-order valence-corrected chi connectivity index (χ0v) is 23.9. The number of carboxylic acid groups (broad SMARTS) is 2. The lowest BCUT2D eigenvalue weighted by molar-refractivity contribution is -0.151. The molecule has 0 saturated carbocycles. The summed E-state index contributed by atoms with van der Waals surface area (Å²) in [5.74, 6) is -3.03. The van der Waals surface area contributed by atoms with Gasteiger partial charge in [0, 0.05) is 11.5 Å². The predicted molar refractivity (Wildman–Crippen MR) is 147 cm³/mol. The maximum absolute atomic E-state index is 13.3. The molecule has 0 bridgehead atoms. The van der Waals surface area contributed by atoms with Gasteiger partial charge >= 0.3 is 18.0 Å². The molecule has 2 aliphatic heterocycles. The lowest BCUT2D eigenvalue weighted by atomic mass is 10.0. The monoisotopic (exact) mass is 604 g/mol. The topological polar surface area (TPSA) is 204 Å². The summed E-state index contributed by atoms with van der Waals surface area (Å²) in [5.41, 5.74) is -0.0430. The van der Waals surface area contributed by atoms with Gasteiger partial charge in [0.15, 0.2) is 0 Å². The van der Waals surface area contributed by atoms with Crippen LogP contribution in [0.25, 0.3) is 0 Å². The number of nitrogens with zero attached hydrogens (tertiary/aromatic N) is 3. The zero-order valence-electron chi connectivity index (χ0n) is 22.2. The van der Waals surface area contributed by atoms with Gasteiger partial charge in [-0.1, -0.05) is 42.1 Å². The largest absolute Gasteiger partial charge is 0.481 e. The second-order valence-corrected chi connectivity index (χ2v) is 12.1. The van der Waals surface area contributed by atoms with Gasteiger partial charge in [0.1, 0.15) is 41.0 Å². The number of thioether (sulfide) groups is 2. The number of rotatable bonds is 10. The summed E-state index contributed by atoms with van der Waals surface area (Å²) in [6.07, 6.45) is -1.14. The van der Waals surface area contributed by atoms with Gasteiger partial charge in [0.25, 0.3) is 5.91 Å². The summed E-state index contributed by atoms with van der Waals surface area (Å²) >= 11 is 2.40. The average molecular weight is 605 g/mol. The molecule has 1 saturated heterocycles. The fourth-order valence-corrected chi connectivity index (χ4v) is 6.42. The molecule has 218 valence electrons. The first-order valence-electron chi connectivity index (χ1n) is 12.3. The van der Waals surface area contributed by atoms with Crippen LogP contribution in [0.1, 0.15) is 38.2 Å². The van der Waals surface area contributed by atoms with Crippen LogP contribution in [0.3, 0.4) is 0 Å². The Morgan fingerprint density at radius 1 is 1.22 bits per heavy atom. The van der Waals surface area contributed by atoms with Crippen molar-refractivity contribution in [2.75, 3.05) is 11.5 Å². The van der Waals surface area contributed by atoms with Crippen molar-refractivity contribution in [1.29, 1.82) is 0 Å². The second-order valence-electron chi connectivity index (χ2n) is 10.1. The van der Waals surface area contributed by atoms with Crippen molar-refractivity contribution < 1.29 is 38.9 Å². The van der Waals surface area contributed by atoms with Gasteiger partial charge in [-0.25, -0.2) is 14.6 Å². The highest BCUT2D eigenvalue weighted by atomic mass is 32.2. The van der Waals surface area contributed by atoms with Gasteiger partial charge in [-0.15, -0.1) is 16.9 Å². The number of ether oxygens (including phenoxy) is 1. The number of carbonyl (C=O) groups excluding carboxylic acids is 3. The lowest BCUT2D eigenvalue weighted by Crippen LogP contribution is -2.71. The Kier molecular flexibility index (Phi) is 8.92. The number of fused-ring (bicyclic) bond motifs is 1. The number of carboxylic acids is 2. The van der Waals surface area contributed by atoms with E-state index in [9.17, 15) is 29.1 Å². The number of amides is 3. The standard InChI is InChI=1S/C25H28N6O8S2/c1-25(2,3)39-24(38)28-16(12-7-5-4-6-8-12)19(34)27-17-20(35)31-18(22(36)37)13(10-40-21(17)31)11-41-23-26-14(29-30-23)9-15(32)33/h4-8,16-17,21H,9-11H2,1-3H3,(H,27,34)(H,28,38)(H,32,33)(H,36,37)(H,26,29,30)/t16-,17?,21-/m1/s1. The summed E-state index contributed by atoms with van der Waals surface area (Å²) < 4.78 is 5.30. The van der Waals surface area contributed by atoms with Gasteiger partial charge < -0.3 is 25.6 Å². The van der Waals surface area contributed by atoms with Crippen LogP contribution in [0.2, 0.25) is 0 Å². The summed E-state index contributed by atoms with van der Waals surface area (Å²) in [6.45, 7) is 5.07. The van der Waals surface area contributed by atoms with Gasteiger partial charge in [-0.3, -0.25) is 24.4 Å². The molecule has 2 aliphatic rings. The van der Waals surface area contributed by atoms with Crippen LogP contribution in [-0.4, -0.2) is 88.7 Å². The van der Waals surface area contributed by atoms with E-state index in [1.54, 1.807) is 51.1 Å². The summed E-state index contributed by atoms with van der Waals surface area (Å²) in [7, 11) is 0. The van der Waals surface area contributed by atoms with Crippen molar-refractivity contribution in [1.82, 2.24) is 30.7 Å². The number of alkyl carbamates (subject to hydrolysis) is 1. The lowest BCUT2D eigenvalue weighted by Gasteiger charge is -2.49. The first-order chi connectivity index (χ1) is 19.3. The molecule has 3 heterocycles. The Hall–Kier alpha value is -4.05. The van der Waals surface area contributed by atoms with E-state index < -0.39 is 52.9 Å². The third-order valence-electron chi connectivity index (χ3n) is 5.81. The van der Waals surface area contributed by atoms with Crippen LogP contribution < -0.4 is 10.6 Å². The van der Waals surface area contributed by atoms with Crippen LogP contribution in [0, 0.1) is 0 Å². The van der Waals surface area contributed by atoms with E-state index in [1.165, 1.54) is 11.8 Å². The molecule has 5 N–H and O–H groups in total. The van der Waals surface area contributed by atoms with Crippen LogP contribution in [0.15, 0.2) is 46.8 Å². The smallest absolute Gasteiger partial charge is 0.408 e. The molecule has 1 fully saturated rings. The maximum atomic E-state index is 13.3. The Labute approximate surface area is 242 Å². The first-order valence-corrected chi connectivity index (χ1v) is 14.4.